The summed E-state index contributed by atoms with van der Waals surface area (Å²) < 4.78 is 6.37. The molecule has 6 nitrogen and oxygen atoms in total. The Morgan fingerprint density at radius 2 is 1.86 bits per heavy atom. The standard InChI is InChI=1S/C22H23N3O3/c1-14-8-9-17(12-15(14)2)20-10-11-21(26)25(24-20)16(3)22(27)23-18-6-5-7-19(13-18)28-4/h5-13,16H,1-4H3,(H,23,27)/t16-/m0/s1. The normalized spacial score (nSPS) is 11.7. The van der Waals surface area contributed by atoms with Gasteiger partial charge in [0.1, 0.15) is 11.8 Å². The monoisotopic (exact) mass is 377 g/mol. The quantitative estimate of drug-likeness (QED) is 0.735. The average Bonchev–Trinajstić information content (AvgIpc) is 2.70. The van der Waals surface area contributed by atoms with Crippen LogP contribution in [0.4, 0.5) is 5.69 Å². The molecule has 1 aromatic heterocycles. The van der Waals surface area contributed by atoms with E-state index in [1.807, 2.05) is 32.0 Å². The van der Waals surface area contributed by atoms with Crippen LogP contribution in [0, 0.1) is 13.8 Å². The number of carbonyl (C=O) groups excluding carboxylic acids is 1. The molecule has 0 saturated carbocycles. The van der Waals surface area contributed by atoms with E-state index >= 15 is 0 Å². The lowest BCUT2D eigenvalue weighted by atomic mass is 10.0. The Bertz CT molecular complexity index is 1070. The molecule has 3 aromatic rings. The zero-order valence-corrected chi connectivity index (χ0v) is 16.4. The zero-order valence-electron chi connectivity index (χ0n) is 16.4. The van der Waals surface area contributed by atoms with Crippen molar-refractivity contribution in [2.24, 2.45) is 0 Å². The topological polar surface area (TPSA) is 73.2 Å². The minimum Gasteiger partial charge on any atom is -0.497 e. The van der Waals surface area contributed by atoms with E-state index in [1.54, 1.807) is 44.4 Å². The second kappa shape index (κ2) is 8.08. The minimum atomic E-state index is -0.773. The van der Waals surface area contributed by atoms with Gasteiger partial charge in [-0.15, -0.1) is 0 Å². The summed E-state index contributed by atoms with van der Waals surface area (Å²) >= 11 is 0. The van der Waals surface area contributed by atoms with E-state index in [2.05, 4.69) is 10.4 Å². The number of benzene rings is 2. The molecule has 0 aliphatic rings. The molecule has 0 aliphatic carbocycles. The van der Waals surface area contributed by atoms with Crippen LogP contribution in [0.3, 0.4) is 0 Å². The van der Waals surface area contributed by atoms with Crippen LogP contribution in [0.25, 0.3) is 11.3 Å². The molecular weight excluding hydrogens is 354 g/mol. The van der Waals surface area contributed by atoms with E-state index in [0.717, 1.165) is 11.1 Å². The molecule has 0 spiro atoms. The predicted molar refractivity (Wildman–Crippen MR) is 110 cm³/mol. The predicted octanol–water partition coefficient (Wildman–Crippen LogP) is 3.74. The number of hydrogen-bond acceptors (Lipinski definition) is 4. The highest BCUT2D eigenvalue weighted by Crippen LogP contribution is 2.21. The third kappa shape index (κ3) is 4.11. The summed E-state index contributed by atoms with van der Waals surface area (Å²) in [7, 11) is 1.56. The number of ether oxygens (including phenoxy) is 1. The Morgan fingerprint density at radius 1 is 1.07 bits per heavy atom. The van der Waals surface area contributed by atoms with Crippen molar-refractivity contribution in [3.05, 3.63) is 76.1 Å². The van der Waals surface area contributed by atoms with Crippen LogP contribution < -0.4 is 15.6 Å². The van der Waals surface area contributed by atoms with Gasteiger partial charge in [-0.3, -0.25) is 9.59 Å². The van der Waals surface area contributed by atoms with Crippen molar-refractivity contribution in [1.82, 2.24) is 9.78 Å². The number of anilines is 1. The van der Waals surface area contributed by atoms with E-state index < -0.39 is 6.04 Å². The summed E-state index contributed by atoms with van der Waals surface area (Å²) in [5.41, 5.74) is 4.13. The van der Waals surface area contributed by atoms with Gasteiger partial charge in [-0.05, 0) is 56.2 Å². The van der Waals surface area contributed by atoms with Crippen LogP contribution in [0.1, 0.15) is 24.1 Å². The van der Waals surface area contributed by atoms with Crippen molar-refractivity contribution in [3.8, 4) is 17.0 Å². The van der Waals surface area contributed by atoms with Gasteiger partial charge in [0, 0.05) is 23.4 Å². The van der Waals surface area contributed by atoms with Crippen molar-refractivity contribution >= 4 is 11.6 Å². The van der Waals surface area contributed by atoms with Crippen molar-refractivity contribution in [2.75, 3.05) is 12.4 Å². The summed E-state index contributed by atoms with van der Waals surface area (Å²) in [4.78, 5) is 25.0. The number of amides is 1. The maximum absolute atomic E-state index is 12.7. The fourth-order valence-electron chi connectivity index (χ4n) is 2.82. The maximum Gasteiger partial charge on any atom is 0.267 e. The number of nitrogens with one attached hydrogen (secondary N) is 1. The van der Waals surface area contributed by atoms with Crippen molar-refractivity contribution < 1.29 is 9.53 Å². The molecule has 1 heterocycles. The summed E-state index contributed by atoms with van der Waals surface area (Å²) in [6, 6.07) is 15.4. The van der Waals surface area contributed by atoms with Crippen molar-refractivity contribution in [3.63, 3.8) is 0 Å². The van der Waals surface area contributed by atoms with Gasteiger partial charge in [0.2, 0.25) is 5.91 Å². The number of methoxy groups -OCH3 is 1. The first-order valence-electron chi connectivity index (χ1n) is 9.01. The minimum absolute atomic E-state index is 0.333. The highest BCUT2D eigenvalue weighted by atomic mass is 16.5. The maximum atomic E-state index is 12.7. The lowest BCUT2D eigenvalue weighted by Gasteiger charge is -2.15. The summed E-state index contributed by atoms with van der Waals surface area (Å²) in [6.07, 6.45) is 0. The number of aromatic nitrogens is 2. The first kappa shape index (κ1) is 19.4. The highest BCUT2D eigenvalue weighted by molar-refractivity contribution is 5.93. The Kier molecular flexibility index (Phi) is 5.59. The molecule has 1 amide bonds. The molecular formula is C22H23N3O3. The van der Waals surface area contributed by atoms with Gasteiger partial charge in [0.05, 0.1) is 12.8 Å². The van der Waals surface area contributed by atoms with E-state index in [-0.39, 0.29) is 11.5 Å². The first-order chi connectivity index (χ1) is 13.4. The van der Waals surface area contributed by atoms with Crippen LogP contribution in [0.5, 0.6) is 5.75 Å². The van der Waals surface area contributed by atoms with Gasteiger partial charge >= 0.3 is 0 Å². The lowest BCUT2D eigenvalue weighted by molar-refractivity contribution is -0.119. The fourth-order valence-corrected chi connectivity index (χ4v) is 2.82. The lowest BCUT2D eigenvalue weighted by Crippen LogP contribution is -2.33. The van der Waals surface area contributed by atoms with Gasteiger partial charge in [0.15, 0.2) is 0 Å². The van der Waals surface area contributed by atoms with Crippen LogP contribution in [0.15, 0.2) is 59.4 Å². The largest absolute Gasteiger partial charge is 0.497 e. The molecule has 6 heteroatoms. The third-order valence-electron chi connectivity index (χ3n) is 4.71. The molecule has 1 N–H and O–H groups in total. The molecule has 28 heavy (non-hydrogen) atoms. The second-order valence-corrected chi connectivity index (χ2v) is 6.70. The van der Waals surface area contributed by atoms with Gasteiger partial charge < -0.3 is 10.1 Å². The first-order valence-corrected chi connectivity index (χ1v) is 9.01. The smallest absolute Gasteiger partial charge is 0.267 e. The average molecular weight is 377 g/mol. The molecule has 2 aromatic carbocycles. The number of hydrogen-bond donors (Lipinski definition) is 1. The van der Waals surface area contributed by atoms with E-state index in [0.29, 0.717) is 17.1 Å². The molecule has 0 radical (unpaired) electrons. The Balaban J connectivity index is 1.88. The molecule has 0 saturated heterocycles. The second-order valence-electron chi connectivity index (χ2n) is 6.70. The number of rotatable bonds is 5. The molecule has 0 fully saturated rings. The Hall–Kier alpha value is -3.41. The van der Waals surface area contributed by atoms with E-state index in [1.165, 1.54) is 16.3 Å². The Morgan fingerprint density at radius 3 is 2.57 bits per heavy atom. The van der Waals surface area contributed by atoms with Gasteiger partial charge in [-0.1, -0.05) is 18.2 Å². The third-order valence-corrected chi connectivity index (χ3v) is 4.71. The van der Waals surface area contributed by atoms with Crippen LogP contribution in [0.2, 0.25) is 0 Å². The molecule has 1 atom stereocenters. The van der Waals surface area contributed by atoms with E-state index in [4.69, 9.17) is 4.74 Å². The molecule has 0 aliphatic heterocycles. The van der Waals surface area contributed by atoms with E-state index in [9.17, 15) is 9.59 Å². The highest BCUT2D eigenvalue weighted by Gasteiger charge is 2.18. The van der Waals surface area contributed by atoms with Crippen molar-refractivity contribution in [2.45, 2.75) is 26.8 Å². The number of nitrogens with zero attached hydrogens (tertiary/aromatic N) is 2. The van der Waals surface area contributed by atoms with Crippen LogP contribution >= 0.6 is 0 Å². The summed E-state index contributed by atoms with van der Waals surface area (Å²) in [6.45, 7) is 5.71. The number of aryl methyl sites for hydroxylation is 2. The molecule has 3 rings (SSSR count). The molecule has 144 valence electrons. The SMILES string of the molecule is COc1cccc(NC(=O)[C@H](C)n2nc(-c3ccc(C)c(C)c3)ccc2=O)c1. The van der Waals surface area contributed by atoms with Gasteiger partial charge in [-0.2, -0.15) is 5.10 Å². The van der Waals surface area contributed by atoms with Crippen LogP contribution in [-0.2, 0) is 4.79 Å². The van der Waals surface area contributed by atoms with Crippen LogP contribution in [-0.4, -0.2) is 22.8 Å². The molecule has 0 bridgehead atoms. The number of carbonyl (C=O) groups is 1. The zero-order chi connectivity index (χ0) is 20.3. The van der Waals surface area contributed by atoms with Gasteiger partial charge in [0.25, 0.3) is 5.56 Å². The van der Waals surface area contributed by atoms with Gasteiger partial charge in [-0.25, -0.2) is 4.68 Å². The fraction of sp³-hybridized carbons (Fsp3) is 0.227. The van der Waals surface area contributed by atoms with Crippen molar-refractivity contribution in [1.29, 1.82) is 0 Å². The Labute approximate surface area is 163 Å². The molecule has 0 unspecified atom stereocenters. The summed E-state index contributed by atoms with van der Waals surface area (Å²) in [5, 5.41) is 7.23. The summed E-state index contributed by atoms with van der Waals surface area (Å²) in [5.74, 6) is 0.303.